The van der Waals surface area contributed by atoms with E-state index in [2.05, 4.69) is 10.6 Å². The molecule has 1 aliphatic carbocycles. The average molecular weight is 319 g/mol. The second kappa shape index (κ2) is 7.77. The summed E-state index contributed by atoms with van der Waals surface area (Å²) in [5.74, 6) is 0.532. The molecule has 1 saturated carbocycles. The van der Waals surface area contributed by atoms with Gasteiger partial charge in [0.1, 0.15) is 0 Å². The van der Waals surface area contributed by atoms with Crippen LogP contribution < -0.4 is 10.6 Å². The van der Waals surface area contributed by atoms with E-state index in [1.165, 1.54) is 0 Å². The van der Waals surface area contributed by atoms with Gasteiger partial charge in [0.05, 0.1) is 12.7 Å². The first-order valence-electron chi connectivity index (χ1n) is 7.98. The van der Waals surface area contributed by atoms with Crippen LogP contribution in [-0.2, 0) is 14.3 Å². The quantitative estimate of drug-likeness (QED) is 0.720. The maximum absolute atomic E-state index is 12.1. The second-order valence-electron chi connectivity index (χ2n) is 6.37. The molecule has 122 valence electrons. The molecule has 3 fully saturated rings. The highest BCUT2D eigenvalue weighted by Gasteiger charge is 2.57. The number of piperidine rings is 1. The van der Waals surface area contributed by atoms with Crippen molar-refractivity contribution in [2.24, 2.45) is 11.3 Å². The third kappa shape index (κ3) is 4.31. The van der Waals surface area contributed by atoms with Gasteiger partial charge in [0.2, 0.25) is 5.91 Å². The van der Waals surface area contributed by atoms with E-state index < -0.39 is 0 Å². The standard InChI is InChI=1S/C15H26N2O3.ClH/c18-14(13-10-15(13)3-6-16-7-4-15)17-5-1-8-20-12-2-9-19-11-12;/h12-13,16H,1-11H2,(H,17,18);1H. The average Bonchev–Trinajstić information content (AvgIpc) is 2.92. The van der Waals surface area contributed by atoms with Gasteiger partial charge >= 0.3 is 0 Å². The zero-order chi connectivity index (χ0) is 13.8. The molecule has 1 amide bonds. The van der Waals surface area contributed by atoms with Gasteiger partial charge in [0.15, 0.2) is 0 Å². The van der Waals surface area contributed by atoms with Crippen molar-refractivity contribution in [3.05, 3.63) is 0 Å². The summed E-state index contributed by atoms with van der Waals surface area (Å²) < 4.78 is 10.9. The summed E-state index contributed by atoms with van der Waals surface area (Å²) in [5, 5.41) is 6.44. The Morgan fingerprint density at radius 2 is 2.19 bits per heavy atom. The fourth-order valence-corrected chi connectivity index (χ4v) is 3.50. The molecule has 3 aliphatic rings. The van der Waals surface area contributed by atoms with Crippen LogP contribution in [0.4, 0.5) is 0 Å². The predicted molar refractivity (Wildman–Crippen MR) is 82.7 cm³/mol. The van der Waals surface area contributed by atoms with E-state index in [1.54, 1.807) is 0 Å². The number of ether oxygens (including phenoxy) is 2. The molecule has 21 heavy (non-hydrogen) atoms. The Balaban J connectivity index is 0.00000161. The molecule has 3 rings (SSSR count). The van der Waals surface area contributed by atoms with Crippen LogP contribution in [0.25, 0.3) is 0 Å². The molecular weight excluding hydrogens is 292 g/mol. The first kappa shape index (κ1) is 17.0. The lowest BCUT2D eigenvalue weighted by molar-refractivity contribution is -0.123. The molecule has 0 bridgehead atoms. The monoisotopic (exact) mass is 318 g/mol. The highest BCUT2D eigenvalue weighted by molar-refractivity contribution is 5.85. The summed E-state index contributed by atoms with van der Waals surface area (Å²) >= 11 is 0. The predicted octanol–water partition coefficient (Wildman–Crippen LogP) is 1.11. The molecule has 5 nitrogen and oxygen atoms in total. The van der Waals surface area contributed by atoms with Crippen LogP contribution in [0.2, 0.25) is 0 Å². The molecule has 2 heterocycles. The maximum Gasteiger partial charge on any atom is 0.223 e. The van der Waals surface area contributed by atoms with E-state index in [9.17, 15) is 4.79 Å². The van der Waals surface area contributed by atoms with Gasteiger partial charge in [-0.3, -0.25) is 4.79 Å². The minimum absolute atomic E-state index is 0. The Kier molecular flexibility index (Phi) is 6.29. The van der Waals surface area contributed by atoms with Crippen molar-refractivity contribution in [2.75, 3.05) is 39.5 Å². The number of halogens is 1. The summed E-state index contributed by atoms with van der Waals surface area (Å²) in [5.41, 5.74) is 0.340. The molecular formula is C15H27ClN2O3. The third-order valence-electron chi connectivity index (χ3n) is 4.97. The molecule has 0 aromatic rings. The van der Waals surface area contributed by atoms with E-state index >= 15 is 0 Å². The number of amides is 1. The van der Waals surface area contributed by atoms with Gasteiger partial charge in [-0.2, -0.15) is 0 Å². The highest BCUT2D eigenvalue weighted by atomic mass is 35.5. The Morgan fingerprint density at radius 3 is 2.90 bits per heavy atom. The summed E-state index contributed by atoms with van der Waals surface area (Å²) in [6.45, 7) is 5.14. The third-order valence-corrected chi connectivity index (χ3v) is 4.97. The van der Waals surface area contributed by atoms with Crippen LogP contribution >= 0.6 is 12.4 Å². The summed E-state index contributed by atoms with van der Waals surface area (Å²) in [6, 6.07) is 0. The summed E-state index contributed by atoms with van der Waals surface area (Å²) in [6.07, 6.45) is 5.59. The fourth-order valence-electron chi connectivity index (χ4n) is 3.50. The van der Waals surface area contributed by atoms with Crippen molar-refractivity contribution in [3.8, 4) is 0 Å². The molecule has 2 aliphatic heterocycles. The van der Waals surface area contributed by atoms with E-state index in [0.717, 1.165) is 65.0 Å². The number of carbonyl (C=O) groups is 1. The second-order valence-corrected chi connectivity index (χ2v) is 6.37. The van der Waals surface area contributed by atoms with Crippen LogP contribution in [0.1, 0.15) is 32.1 Å². The molecule has 2 N–H and O–H groups in total. The van der Waals surface area contributed by atoms with Gasteiger partial charge in [0.25, 0.3) is 0 Å². The van der Waals surface area contributed by atoms with Crippen molar-refractivity contribution in [1.29, 1.82) is 0 Å². The molecule has 2 atom stereocenters. The molecule has 0 aromatic carbocycles. The molecule has 0 radical (unpaired) electrons. The van der Waals surface area contributed by atoms with E-state index in [-0.39, 0.29) is 30.3 Å². The lowest BCUT2D eigenvalue weighted by Gasteiger charge is -2.23. The van der Waals surface area contributed by atoms with Gasteiger partial charge in [-0.15, -0.1) is 12.4 Å². The number of nitrogens with one attached hydrogen (secondary N) is 2. The number of rotatable bonds is 6. The van der Waals surface area contributed by atoms with E-state index in [1.807, 2.05) is 0 Å². The van der Waals surface area contributed by atoms with Gasteiger partial charge in [-0.05, 0) is 50.6 Å². The Morgan fingerprint density at radius 1 is 1.38 bits per heavy atom. The lowest BCUT2D eigenvalue weighted by atomic mass is 9.92. The zero-order valence-corrected chi connectivity index (χ0v) is 13.4. The summed E-state index contributed by atoms with van der Waals surface area (Å²) in [4.78, 5) is 12.1. The maximum atomic E-state index is 12.1. The number of carbonyl (C=O) groups excluding carboxylic acids is 1. The number of hydrogen-bond donors (Lipinski definition) is 2. The fraction of sp³-hybridized carbons (Fsp3) is 0.933. The largest absolute Gasteiger partial charge is 0.379 e. The van der Waals surface area contributed by atoms with Crippen LogP contribution in [0.15, 0.2) is 0 Å². The van der Waals surface area contributed by atoms with Crippen molar-refractivity contribution in [2.45, 2.75) is 38.2 Å². The molecule has 2 saturated heterocycles. The Hall–Kier alpha value is -0.360. The molecule has 1 spiro atoms. The minimum Gasteiger partial charge on any atom is -0.379 e. The number of hydrogen-bond acceptors (Lipinski definition) is 4. The van der Waals surface area contributed by atoms with Crippen molar-refractivity contribution in [1.82, 2.24) is 10.6 Å². The molecule has 6 heteroatoms. The SMILES string of the molecule is Cl.O=C(NCCCOC1CCOC1)C1CC12CCNCC2. The molecule has 2 unspecified atom stereocenters. The van der Waals surface area contributed by atoms with Gasteiger partial charge in [-0.1, -0.05) is 0 Å². The normalized spacial score (nSPS) is 29.9. The first-order valence-corrected chi connectivity index (χ1v) is 7.98. The minimum atomic E-state index is 0. The topological polar surface area (TPSA) is 59.6 Å². The first-order chi connectivity index (χ1) is 9.80. The van der Waals surface area contributed by atoms with Crippen molar-refractivity contribution >= 4 is 18.3 Å². The van der Waals surface area contributed by atoms with E-state index in [0.29, 0.717) is 12.0 Å². The van der Waals surface area contributed by atoms with Crippen LogP contribution in [0.5, 0.6) is 0 Å². The van der Waals surface area contributed by atoms with Crippen molar-refractivity contribution in [3.63, 3.8) is 0 Å². The smallest absolute Gasteiger partial charge is 0.223 e. The van der Waals surface area contributed by atoms with Crippen LogP contribution in [-0.4, -0.2) is 51.5 Å². The van der Waals surface area contributed by atoms with Gasteiger partial charge < -0.3 is 20.1 Å². The Labute approximate surface area is 132 Å². The lowest BCUT2D eigenvalue weighted by Crippen LogP contribution is -2.34. The van der Waals surface area contributed by atoms with Gasteiger partial charge in [-0.25, -0.2) is 0 Å². The summed E-state index contributed by atoms with van der Waals surface area (Å²) in [7, 11) is 0. The van der Waals surface area contributed by atoms with Crippen molar-refractivity contribution < 1.29 is 14.3 Å². The van der Waals surface area contributed by atoms with Crippen LogP contribution in [0, 0.1) is 11.3 Å². The van der Waals surface area contributed by atoms with Gasteiger partial charge in [0, 0.05) is 25.7 Å². The van der Waals surface area contributed by atoms with E-state index in [4.69, 9.17) is 9.47 Å². The zero-order valence-electron chi connectivity index (χ0n) is 12.6. The molecule has 0 aromatic heterocycles. The Bertz CT molecular complexity index is 342. The van der Waals surface area contributed by atoms with Crippen LogP contribution in [0.3, 0.4) is 0 Å². The highest BCUT2D eigenvalue weighted by Crippen LogP contribution is 2.58.